The number of aryl methyl sites for hydroxylation is 1. The Labute approximate surface area is 203 Å². The molecule has 0 radical (unpaired) electrons. The fourth-order valence-electron chi connectivity index (χ4n) is 4.48. The largest absolute Gasteiger partial charge is 0.356 e. The summed E-state index contributed by atoms with van der Waals surface area (Å²) in [5, 5.41) is 13.0. The van der Waals surface area contributed by atoms with Crippen molar-refractivity contribution in [3.8, 4) is 11.3 Å². The van der Waals surface area contributed by atoms with Gasteiger partial charge in [0.1, 0.15) is 5.82 Å². The predicted molar refractivity (Wildman–Crippen MR) is 136 cm³/mol. The second kappa shape index (κ2) is 8.75. The molecular weight excluding hydrogens is 442 g/mol. The summed E-state index contributed by atoms with van der Waals surface area (Å²) >= 11 is 0. The van der Waals surface area contributed by atoms with Gasteiger partial charge in [-0.15, -0.1) is 0 Å². The van der Waals surface area contributed by atoms with Crippen LogP contribution in [0.1, 0.15) is 36.3 Å². The number of fused-ring (bicyclic) bond motifs is 1. The van der Waals surface area contributed by atoms with Crippen molar-refractivity contribution in [3.63, 3.8) is 0 Å². The van der Waals surface area contributed by atoms with Crippen LogP contribution in [0.15, 0.2) is 61.1 Å². The first-order valence-electron chi connectivity index (χ1n) is 11.4. The maximum atomic E-state index is 13.2. The number of urea groups is 1. The van der Waals surface area contributed by atoms with Gasteiger partial charge in [-0.05, 0) is 36.1 Å². The second-order valence-electron chi connectivity index (χ2n) is 9.57. The van der Waals surface area contributed by atoms with Gasteiger partial charge in [0, 0.05) is 42.8 Å². The minimum absolute atomic E-state index is 0.112. The Bertz CT molecular complexity index is 1400. The van der Waals surface area contributed by atoms with Crippen LogP contribution in [-0.2, 0) is 13.5 Å². The summed E-state index contributed by atoms with van der Waals surface area (Å²) in [6.07, 6.45) is 6.15. The molecule has 0 spiro atoms. The van der Waals surface area contributed by atoms with E-state index in [9.17, 15) is 9.59 Å². The second-order valence-corrected chi connectivity index (χ2v) is 9.57. The van der Waals surface area contributed by atoms with E-state index in [4.69, 9.17) is 0 Å². The van der Waals surface area contributed by atoms with E-state index in [-0.39, 0.29) is 11.2 Å². The lowest BCUT2D eigenvalue weighted by Crippen LogP contribution is -2.26. The van der Waals surface area contributed by atoms with Crippen LogP contribution in [0.4, 0.5) is 27.7 Å². The topological polar surface area (TPSA) is 117 Å². The summed E-state index contributed by atoms with van der Waals surface area (Å²) in [7, 11) is 1.77. The average molecular weight is 470 g/mol. The number of carbonyl (C=O) groups excluding carboxylic acids is 2. The number of nitrogens with zero attached hydrogens (tertiary/aromatic N) is 3. The third-order valence-corrected chi connectivity index (χ3v) is 5.95. The summed E-state index contributed by atoms with van der Waals surface area (Å²) in [5.74, 6) is 0.495. The van der Waals surface area contributed by atoms with Crippen LogP contribution in [0.3, 0.4) is 0 Å². The van der Waals surface area contributed by atoms with Gasteiger partial charge >= 0.3 is 6.03 Å². The Morgan fingerprint density at radius 1 is 1.09 bits per heavy atom. The molecule has 178 valence electrons. The van der Waals surface area contributed by atoms with Crippen molar-refractivity contribution < 1.29 is 9.59 Å². The lowest BCUT2D eigenvalue weighted by atomic mass is 9.76. The number of Topliss-reactive ketones (excluding diaryl/α,β-unsaturated/α-hetero) is 1. The van der Waals surface area contributed by atoms with Gasteiger partial charge in [-0.2, -0.15) is 5.10 Å². The van der Waals surface area contributed by atoms with E-state index in [2.05, 4.69) is 44.9 Å². The Balaban J connectivity index is 1.49. The van der Waals surface area contributed by atoms with Crippen molar-refractivity contribution in [3.05, 3.63) is 72.3 Å². The molecule has 1 aliphatic carbocycles. The number of hydrogen-bond donors (Lipinski definition) is 4. The van der Waals surface area contributed by atoms with E-state index in [1.807, 2.05) is 36.4 Å². The molecule has 4 aromatic rings. The molecule has 4 N–H and O–H groups in total. The number of anilines is 4. The van der Waals surface area contributed by atoms with Crippen molar-refractivity contribution in [1.82, 2.24) is 19.7 Å². The molecule has 0 saturated carbocycles. The minimum Gasteiger partial charge on any atom is -0.356 e. The molecule has 0 atom stereocenters. The zero-order chi connectivity index (χ0) is 24.6. The molecule has 35 heavy (non-hydrogen) atoms. The summed E-state index contributed by atoms with van der Waals surface area (Å²) in [4.78, 5) is 33.4. The maximum absolute atomic E-state index is 13.2. The first kappa shape index (κ1) is 22.4. The van der Waals surface area contributed by atoms with Crippen LogP contribution in [0.5, 0.6) is 0 Å². The highest BCUT2D eigenvalue weighted by molar-refractivity contribution is 6.08. The zero-order valence-corrected chi connectivity index (χ0v) is 19.8. The number of hydrogen-bond acceptors (Lipinski definition) is 5. The number of rotatable bonds is 5. The first-order valence-corrected chi connectivity index (χ1v) is 11.4. The number of carbonyl (C=O) groups is 2. The van der Waals surface area contributed by atoms with E-state index >= 15 is 0 Å². The summed E-state index contributed by atoms with van der Waals surface area (Å²) in [6, 6.07) is 13.0. The molecule has 0 bridgehead atoms. The van der Waals surface area contributed by atoms with Crippen molar-refractivity contribution in [1.29, 1.82) is 0 Å². The summed E-state index contributed by atoms with van der Waals surface area (Å²) in [5.41, 5.74) is 5.28. The van der Waals surface area contributed by atoms with E-state index in [0.717, 1.165) is 34.7 Å². The summed E-state index contributed by atoms with van der Waals surface area (Å²) < 4.78 is 1.60. The summed E-state index contributed by atoms with van der Waals surface area (Å²) in [6.45, 7) is 4.21. The van der Waals surface area contributed by atoms with Gasteiger partial charge in [-0.3, -0.25) is 14.8 Å². The van der Waals surface area contributed by atoms with E-state index in [1.54, 1.807) is 36.4 Å². The maximum Gasteiger partial charge on any atom is 0.324 e. The number of ketones is 1. The van der Waals surface area contributed by atoms with Gasteiger partial charge in [0.25, 0.3) is 0 Å². The van der Waals surface area contributed by atoms with Crippen LogP contribution in [0, 0.1) is 5.41 Å². The van der Waals surface area contributed by atoms with Gasteiger partial charge in [-0.25, -0.2) is 9.78 Å². The lowest BCUT2D eigenvalue weighted by Gasteiger charge is -2.28. The molecule has 0 saturated heterocycles. The van der Waals surface area contributed by atoms with Crippen molar-refractivity contribution in [2.24, 2.45) is 12.5 Å². The highest BCUT2D eigenvalue weighted by atomic mass is 16.2. The van der Waals surface area contributed by atoms with E-state index in [1.165, 1.54) is 0 Å². The Morgan fingerprint density at radius 2 is 1.89 bits per heavy atom. The van der Waals surface area contributed by atoms with Crippen molar-refractivity contribution in [2.45, 2.75) is 26.7 Å². The number of pyridine rings is 1. The van der Waals surface area contributed by atoms with Gasteiger partial charge in [0.2, 0.25) is 0 Å². The van der Waals surface area contributed by atoms with Gasteiger partial charge < -0.3 is 15.6 Å². The SMILES string of the molecule is Cn1cc(NC(=O)Nc2cc(-c3[nH]c4c(c3Nc3ccccc3)C(=O)CC(C)(C)C4)ccn2)cn1. The van der Waals surface area contributed by atoms with Crippen LogP contribution < -0.4 is 16.0 Å². The van der Waals surface area contributed by atoms with Gasteiger partial charge in [0.05, 0.1) is 28.8 Å². The predicted octanol–water partition coefficient (Wildman–Crippen LogP) is 5.35. The van der Waals surface area contributed by atoms with Crippen LogP contribution >= 0.6 is 0 Å². The van der Waals surface area contributed by atoms with Crippen LogP contribution in [0.2, 0.25) is 0 Å². The third kappa shape index (κ3) is 4.79. The number of aromatic nitrogens is 4. The van der Waals surface area contributed by atoms with Gasteiger partial charge in [0.15, 0.2) is 5.78 Å². The van der Waals surface area contributed by atoms with Gasteiger partial charge in [-0.1, -0.05) is 32.0 Å². The molecule has 3 heterocycles. The minimum atomic E-state index is -0.423. The molecule has 9 heteroatoms. The fourth-order valence-corrected chi connectivity index (χ4v) is 4.48. The molecule has 9 nitrogen and oxygen atoms in total. The smallest absolute Gasteiger partial charge is 0.324 e. The average Bonchev–Trinajstić information content (AvgIpc) is 3.36. The first-order chi connectivity index (χ1) is 16.8. The third-order valence-electron chi connectivity index (χ3n) is 5.95. The number of amides is 2. The molecule has 0 fully saturated rings. The van der Waals surface area contributed by atoms with E-state index in [0.29, 0.717) is 23.5 Å². The number of benzene rings is 1. The highest BCUT2D eigenvalue weighted by Gasteiger charge is 2.35. The number of aromatic amines is 1. The van der Waals surface area contributed by atoms with Crippen molar-refractivity contribution >= 4 is 34.7 Å². The standard InChI is InChI=1S/C26H27N7O2/c1-26(2)12-19-22(20(34)13-26)24(29-17-7-5-4-6-8-17)23(31-19)16-9-10-27-21(11-16)32-25(35)30-18-14-28-33(3)15-18/h4-11,14-15,29,31H,12-13H2,1-3H3,(H2,27,30,32,35). The number of nitrogens with one attached hydrogen (secondary N) is 4. The van der Waals surface area contributed by atoms with Crippen LogP contribution in [-0.4, -0.2) is 31.6 Å². The number of para-hydroxylation sites is 1. The molecule has 3 aromatic heterocycles. The zero-order valence-electron chi connectivity index (χ0n) is 19.8. The quantitative estimate of drug-likeness (QED) is 0.314. The van der Waals surface area contributed by atoms with E-state index < -0.39 is 6.03 Å². The lowest BCUT2D eigenvalue weighted by molar-refractivity contribution is 0.0912. The Morgan fingerprint density at radius 3 is 2.63 bits per heavy atom. The molecule has 0 unspecified atom stereocenters. The fraction of sp³-hybridized carbons (Fsp3) is 0.231. The molecule has 1 aromatic carbocycles. The molecule has 2 amide bonds. The van der Waals surface area contributed by atoms with Crippen molar-refractivity contribution in [2.75, 3.05) is 16.0 Å². The monoisotopic (exact) mass is 469 g/mol. The Hall–Kier alpha value is -4.40. The highest BCUT2D eigenvalue weighted by Crippen LogP contribution is 2.43. The van der Waals surface area contributed by atoms with Crippen LogP contribution in [0.25, 0.3) is 11.3 Å². The molecular formula is C26H27N7O2. The Kier molecular flexibility index (Phi) is 5.60. The normalized spacial score (nSPS) is 14.3. The molecule has 0 aliphatic heterocycles. The molecule has 5 rings (SSSR count). The number of H-pyrrole nitrogens is 1. The molecule has 1 aliphatic rings.